The molecule has 0 radical (unpaired) electrons. The highest BCUT2D eigenvalue weighted by Gasteiger charge is 2.61. The summed E-state index contributed by atoms with van der Waals surface area (Å²) < 4.78 is 5.36. The predicted octanol–water partition coefficient (Wildman–Crippen LogP) is 5.19. The zero-order valence-corrected chi connectivity index (χ0v) is 17.6. The Morgan fingerprint density at radius 1 is 1.03 bits per heavy atom. The number of rotatable bonds is 5. The Kier molecular flexibility index (Phi) is 4.45. The van der Waals surface area contributed by atoms with E-state index in [2.05, 4.69) is 36.4 Å². The van der Waals surface area contributed by atoms with Crippen molar-refractivity contribution in [3.05, 3.63) is 65.7 Å². The minimum atomic E-state index is -0.173. The van der Waals surface area contributed by atoms with Gasteiger partial charge in [0.1, 0.15) is 5.75 Å². The molecule has 6 rings (SSSR count). The lowest BCUT2D eigenvalue weighted by Gasteiger charge is -2.62. The molecule has 1 amide bonds. The number of benzene rings is 2. The average Bonchev–Trinajstić information content (AvgIpc) is 2.73. The van der Waals surface area contributed by atoms with Crippen molar-refractivity contribution in [2.75, 3.05) is 14.2 Å². The van der Waals surface area contributed by atoms with Crippen LogP contribution in [0.4, 0.5) is 0 Å². The molecule has 4 atom stereocenters. The zero-order chi connectivity index (χ0) is 20.1. The van der Waals surface area contributed by atoms with Crippen molar-refractivity contribution in [1.29, 1.82) is 0 Å². The number of ether oxygens (including phenoxy) is 1. The molecule has 0 saturated heterocycles. The van der Waals surface area contributed by atoms with Crippen molar-refractivity contribution >= 4 is 5.91 Å². The molecule has 4 bridgehead atoms. The summed E-state index contributed by atoms with van der Waals surface area (Å²) in [5.74, 6) is 2.60. The Balaban J connectivity index is 1.41. The standard InChI is InChI=1S/C26H31NO2/c1-27(17-19-7-6-10-23(12-19)29-2)24(28)26-15-20-11-21(16-26)14-25(13-20,18-26)22-8-4-3-5-9-22/h3-10,12,20-21H,11,13-18H2,1-2H3/t20-,21+,25?,26?. The number of amides is 1. The van der Waals surface area contributed by atoms with Gasteiger partial charge in [0, 0.05) is 13.6 Å². The Hall–Kier alpha value is -2.29. The molecule has 2 unspecified atom stereocenters. The van der Waals surface area contributed by atoms with Gasteiger partial charge >= 0.3 is 0 Å². The quantitative estimate of drug-likeness (QED) is 0.704. The summed E-state index contributed by atoms with van der Waals surface area (Å²) in [6, 6.07) is 19.1. The molecule has 4 saturated carbocycles. The van der Waals surface area contributed by atoms with E-state index in [0.29, 0.717) is 24.3 Å². The van der Waals surface area contributed by atoms with Gasteiger partial charge in [-0.2, -0.15) is 0 Å². The third-order valence-electron chi connectivity index (χ3n) is 7.80. The van der Waals surface area contributed by atoms with E-state index in [1.807, 2.05) is 30.1 Å². The minimum absolute atomic E-state index is 0.173. The monoisotopic (exact) mass is 389 g/mol. The van der Waals surface area contributed by atoms with Gasteiger partial charge in [-0.3, -0.25) is 4.79 Å². The lowest BCUT2D eigenvalue weighted by molar-refractivity contribution is -0.159. The highest BCUT2D eigenvalue weighted by molar-refractivity contribution is 5.83. The molecule has 3 heteroatoms. The molecule has 4 aliphatic rings. The first-order valence-electron chi connectivity index (χ1n) is 11.0. The number of nitrogens with zero attached hydrogens (tertiary/aromatic N) is 1. The normalized spacial score (nSPS) is 32.2. The minimum Gasteiger partial charge on any atom is -0.497 e. The van der Waals surface area contributed by atoms with Crippen LogP contribution >= 0.6 is 0 Å². The third-order valence-corrected chi connectivity index (χ3v) is 7.80. The Morgan fingerprint density at radius 3 is 2.45 bits per heavy atom. The van der Waals surface area contributed by atoms with Crippen LogP contribution in [-0.2, 0) is 16.8 Å². The molecule has 0 N–H and O–H groups in total. The molecule has 2 aromatic rings. The van der Waals surface area contributed by atoms with Gasteiger partial charge in [-0.15, -0.1) is 0 Å². The van der Waals surface area contributed by atoms with E-state index in [9.17, 15) is 4.79 Å². The number of carbonyl (C=O) groups excluding carboxylic acids is 1. The molecule has 4 fully saturated rings. The lowest BCUT2D eigenvalue weighted by atomic mass is 9.42. The van der Waals surface area contributed by atoms with Gasteiger partial charge < -0.3 is 9.64 Å². The van der Waals surface area contributed by atoms with Crippen LogP contribution in [-0.4, -0.2) is 25.0 Å². The Bertz CT molecular complexity index is 892. The van der Waals surface area contributed by atoms with Gasteiger partial charge in [0.2, 0.25) is 5.91 Å². The molecule has 152 valence electrons. The van der Waals surface area contributed by atoms with Crippen LogP contribution in [0.15, 0.2) is 54.6 Å². The third kappa shape index (κ3) is 3.15. The fourth-order valence-corrected chi connectivity index (χ4v) is 7.16. The molecular weight excluding hydrogens is 358 g/mol. The molecule has 29 heavy (non-hydrogen) atoms. The molecule has 0 aliphatic heterocycles. The summed E-state index contributed by atoms with van der Waals surface area (Å²) in [7, 11) is 3.67. The van der Waals surface area contributed by atoms with Gasteiger partial charge in [-0.05, 0) is 79.0 Å². The first-order chi connectivity index (χ1) is 14.0. The van der Waals surface area contributed by atoms with Gasteiger partial charge in [0.15, 0.2) is 0 Å². The van der Waals surface area contributed by atoms with Gasteiger partial charge in [0.25, 0.3) is 0 Å². The van der Waals surface area contributed by atoms with Crippen LogP contribution in [0.25, 0.3) is 0 Å². The van der Waals surface area contributed by atoms with Crippen molar-refractivity contribution in [3.8, 4) is 5.75 Å². The smallest absolute Gasteiger partial charge is 0.228 e. The van der Waals surface area contributed by atoms with E-state index in [1.165, 1.54) is 24.8 Å². The topological polar surface area (TPSA) is 29.5 Å². The summed E-state index contributed by atoms with van der Waals surface area (Å²) in [6.45, 7) is 0.644. The summed E-state index contributed by atoms with van der Waals surface area (Å²) in [4.78, 5) is 15.8. The fourth-order valence-electron chi connectivity index (χ4n) is 7.16. The van der Waals surface area contributed by atoms with E-state index in [4.69, 9.17) is 4.74 Å². The van der Waals surface area contributed by atoms with E-state index < -0.39 is 0 Å². The lowest BCUT2D eigenvalue weighted by Crippen LogP contribution is -2.59. The molecule has 2 aromatic carbocycles. The summed E-state index contributed by atoms with van der Waals surface area (Å²) in [6.07, 6.45) is 7.05. The summed E-state index contributed by atoms with van der Waals surface area (Å²) in [5, 5.41) is 0. The van der Waals surface area contributed by atoms with E-state index in [0.717, 1.165) is 30.6 Å². The first kappa shape index (κ1) is 18.7. The van der Waals surface area contributed by atoms with Gasteiger partial charge in [-0.1, -0.05) is 42.5 Å². The second-order valence-corrected chi connectivity index (χ2v) is 9.90. The van der Waals surface area contributed by atoms with Crippen LogP contribution in [0.3, 0.4) is 0 Å². The van der Waals surface area contributed by atoms with Crippen LogP contribution in [0.1, 0.15) is 49.7 Å². The van der Waals surface area contributed by atoms with Crippen molar-refractivity contribution < 1.29 is 9.53 Å². The van der Waals surface area contributed by atoms with Crippen LogP contribution in [0.2, 0.25) is 0 Å². The summed E-state index contributed by atoms with van der Waals surface area (Å²) in [5.41, 5.74) is 2.62. The molecule has 0 aromatic heterocycles. The SMILES string of the molecule is COc1cccc(CN(C)C(=O)C23C[C@H]4C[C@@H](C2)CC(c2ccccc2)(C4)C3)c1. The van der Waals surface area contributed by atoms with Crippen LogP contribution in [0.5, 0.6) is 5.75 Å². The largest absolute Gasteiger partial charge is 0.497 e. The van der Waals surface area contributed by atoms with Crippen molar-refractivity contribution in [2.45, 2.75) is 50.5 Å². The van der Waals surface area contributed by atoms with Gasteiger partial charge in [-0.25, -0.2) is 0 Å². The van der Waals surface area contributed by atoms with E-state index >= 15 is 0 Å². The van der Waals surface area contributed by atoms with Crippen LogP contribution < -0.4 is 4.74 Å². The van der Waals surface area contributed by atoms with Crippen LogP contribution in [0, 0.1) is 17.3 Å². The number of carbonyl (C=O) groups is 1. The Morgan fingerprint density at radius 2 is 1.76 bits per heavy atom. The Labute approximate surface area is 174 Å². The maximum absolute atomic E-state index is 13.8. The van der Waals surface area contributed by atoms with Crippen molar-refractivity contribution in [2.24, 2.45) is 17.3 Å². The highest BCUT2D eigenvalue weighted by Crippen LogP contribution is 2.66. The van der Waals surface area contributed by atoms with Gasteiger partial charge in [0.05, 0.1) is 12.5 Å². The number of hydrogen-bond donors (Lipinski definition) is 0. The predicted molar refractivity (Wildman–Crippen MR) is 115 cm³/mol. The molecule has 3 nitrogen and oxygen atoms in total. The molecule has 0 heterocycles. The number of hydrogen-bond acceptors (Lipinski definition) is 2. The van der Waals surface area contributed by atoms with Crippen molar-refractivity contribution in [3.63, 3.8) is 0 Å². The maximum Gasteiger partial charge on any atom is 0.228 e. The maximum atomic E-state index is 13.8. The van der Waals surface area contributed by atoms with E-state index in [-0.39, 0.29) is 10.8 Å². The average molecular weight is 390 g/mol. The number of methoxy groups -OCH3 is 1. The second kappa shape index (κ2) is 6.90. The highest BCUT2D eigenvalue weighted by atomic mass is 16.5. The molecule has 0 spiro atoms. The second-order valence-electron chi connectivity index (χ2n) is 9.90. The fraction of sp³-hybridized carbons (Fsp3) is 0.500. The summed E-state index contributed by atoms with van der Waals surface area (Å²) >= 11 is 0. The molecule has 4 aliphatic carbocycles. The van der Waals surface area contributed by atoms with Crippen molar-refractivity contribution in [1.82, 2.24) is 4.90 Å². The first-order valence-corrected chi connectivity index (χ1v) is 11.0. The van der Waals surface area contributed by atoms with E-state index in [1.54, 1.807) is 7.11 Å². The zero-order valence-electron chi connectivity index (χ0n) is 17.6. The molecular formula is C26H31NO2.